The van der Waals surface area contributed by atoms with Crippen molar-refractivity contribution < 1.29 is 9.53 Å². The Hall–Kier alpha value is -0.820. The van der Waals surface area contributed by atoms with E-state index in [0.717, 1.165) is 4.34 Å². The molecule has 0 amide bonds. The van der Waals surface area contributed by atoms with E-state index in [1.54, 1.807) is 0 Å². The molecule has 84 valence electrons. The Labute approximate surface area is 96.4 Å². The fourth-order valence-electron chi connectivity index (χ4n) is 0.856. The number of thioether (sulfide) groups is 1. The van der Waals surface area contributed by atoms with Crippen LogP contribution in [-0.4, -0.2) is 29.0 Å². The van der Waals surface area contributed by atoms with E-state index >= 15 is 0 Å². The van der Waals surface area contributed by atoms with Crippen LogP contribution in [0.3, 0.4) is 0 Å². The van der Waals surface area contributed by atoms with Crippen molar-refractivity contribution in [2.24, 2.45) is 5.41 Å². The maximum Gasteiger partial charge on any atom is 0.312 e. The van der Waals surface area contributed by atoms with Crippen LogP contribution < -0.4 is 5.73 Å². The molecule has 0 fully saturated rings. The van der Waals surface area contributed by atoms with Gasteiger partial charge in [0.15, 0.2) is 4.34 Å². The Balaban J connectivity index is 2.53. The van der Waals surface area contributed by atoms with Gasteiger partial charge < -0.3 is 10.5 Å². The van der Waals surface area contributed by atoms with Crippen molar-refractivity contribution in [1.82, 2.24) is 10.2 Å². The summed E-state index contributed by atoms with van der Waals surface area (Å²) < 4.78 is 5.47. The van der Waals surface area contributed by atoms with E-state index in [9.17, 15) is 4.79 Å². The number of hydrogen-bond donors (Lipinski definition) is 1. The monoisotopic (exact) mass is 247 g/mol. The predicted octanol–water partition coefficient (Wildman–Crippen LogP) is 1.41. The molecule has 5 nitrogen and oxygen atoms in total. The molecule has 0 spiro atoms. The van der Waals surface area contributed by atoms with Crippen LogP contribution in [0.1, 0.15) is 13.8 Å². The lowest BCUT2D eigenvalue weighted by molar-refractivity contribution is -0.149. The number of rotatable bonds is 4. The molecule has 0 radical (unpaired) electrons. The lowest BCUT2D eigenvalue weighted by Crippen LogP contribution is -2.28. The third-order valence-electron chi connectivity index (χ3n) is 1.72. The van der Waals surface area contributed by atoms with Gasteiger partial charge in [-0.2, -0.15) is 0 Å². The molecular formula is C8H13N3O2S2. The number of esters is 1. The molecule has 0 saturated heterocycles. The summed E-state index contributed by atoms with van der Waals surface area (Å²) in [5.41, 5.74) is 4.92. The number of hydrogen-bond acceptors (Lipinski definition) is 7. The van der Waals surface area contributed by atoms with Crippen LogP contribution in [0.15, 0.2) is 4.34 Å². The van der Waals surface area contributed by atoms with Crippen LogP contribution in [-0.2, 0) is 9.53 Å². The van der Waals surface area contributed by atoms with Crippen molar-refractivity contribution in [1.29, 1.82) is 0 Å². The third kappa shape index (κ3) is 3.35. The van der Waals surface area contributed by atoms with Crippen LogP contribution in [0.4, 0.5) is 5.13 Å². The van der Waals surface area contributed by atoms with E-state index in [2.05, 4.69) is 10.2 Å². The van der Waals surface area contributed by atoms with Crippen molar-refractivity contribution in [3.05, 3.63) is 0 Å². The van der Waals surface area contributed by atoms with E-state index in [4.69, 9.17) is 10.5 Å². The van der Waals surface area contributed by atoms with Gasteiger partial charge in [-0.05, 0) is 13.8 Å². The molecule has 1 heterocycles. The first-order chi connectivity index (χ1) is 6.95. The van der Waals surface area contributed by atoms with Crippen LogP contribution in [0.25, 0.3) is 0 Å². The Kier molecular flexibility index (Phi) is 3.92. The molecule has 0 aliphatic rings. The minimum atomic E-state index is -0.528. The Morgan fingerprint density at radius 2 is 2.27 bits per heavy atom. The SMILES string of the molecule is COC(=O)C(C)(C)CSc1nnc(N)s1. The number of ether oxygens (including phenoxy) is 1. The highest BCUT2D eigenvalue weighted by Gasteiger charge is 2.29. The second kappa shape index (κ2) is 4.80. The van der Waals surface area contributed by atoms with Crippen LogP contribution in [0.5, 0.6) is 0 Å². The number of anilines is 1. The van der Waals surface area contributed by atoms with Gasteiger partial charge in [-0.15, -0.1) is 10.2 Å². The van der Waals surface area contributed by atoms with E-state index in [1.165, 1.54) is 30.2 Å². The number of nitrogens with two attached hydrogens (primary N) is 1. The first-order valence-corrected chi connectivity index (χ1v) is 6.06. The summed E-state index contributed by atoms with van der Waals surface area (Å²) >= 11 is 2.77. The first kappa shape index (κ1) is 12.3. The molecule has 0 aliphatic heterocycles. The molecule has 0 atom stereocenters. The smallest absolute Gasteiger partial charge is 0.312 e. The van der Waals surface area contributed by atoms with Gasteiger partial charge in [0.2, 0.25) is 5.13 Å². The summed E-state index contributed by atoms with van der Waals surface area (Å²) in [6.07, 6.45) is 0. The van der Waals surface area contributed by atoms with Crippen LogP contribution in [0, 0.1) is 5.41 Å². The van der Waals surface area contributed by atoms with Gasteiger partial charge in [0.1, 0.15) is 0 Å². The zero-order chi connectivity index (χ0) is 11.5. The zero-order valence-electron chi connectivity index (χ0n) is 8.81. The van der Waals surface area contributed by atoms with Crippen molar-refractivity contribution in [3.63, 3.8) is 0 Å². The average Bonchev–Trinajstić information content (AvgIpc) is 2.60. The van der Waals surface area contributed by atoms with E-state index in [-0.39, 0.29) is 5.97 Å². The quantitative estimate of drug-likeness (QED) is 0.640. The van der Waals surface area contributed by atoms with Gasteiger partial charge in [0, 0.05) is 5.75 Å². The number of nitrogen functional groups attached to an aromatic ring is 1. The normalized spacial score (nSPS) is 11.4. The molecule has 0 unspecified atom stereocenters. The lowest BCUT2D eigenvalue weighted by Gasteiger charge is -2.19. The van der Waals surface area contributed by atoms with E-state index in [0.29, 0.717) is 10.9 Å². The molecule has 1 aromatic rings. The molecule has 1 rings (SSSR count). The van der Waals surface area contributed by atoms with Gasteiger partial charge in [-0.3, -0.25) is 4.79 Å². The summed E-state index contributed by atoms with van der Waals surface area (Å²) in [4.78, 5) is 11.4. The maximum absolute atomic E-state index is 11.4. The van der Waals surface area contributed by atoms with Crippen molar-refractivity contribution in [2.45, 2.75) is 18.2 Å². The first-order valence-electron chi connectivity index (χ1n) is 4.26. The second-order valence-electron chi connectivity index (χ2n) is 3.57. The lowest BCUT2D eigenvalue weighted by atomic mass is 9.97. The predicted molar refractivity (Wildman–Crippen MR) is 60.8 cm³/mol. The minimum absolute atomic E-state index is 0.229. The standard InChI is InChI=1S/C8H13N3O2S2/c1-8(2,5(12)13-3)4-14-7-11-10-6(9)15-7/h4H2,1-3H3,(H2,9,10). The molecule has 1 aromatic heterocycles. The van der Waals surface area contributed by atoms with Crippen molar-refractivity contribution in [2.75, 3.05) is 18.6 Å². The van der Waals surface area contributed by atoms with Crippen LogP contribution >= 0.6 is 23.1 Å². The number of aromatic nitrogens is 2. The number of carbonyl (C=O) groups is 1. The van der Waals surface area contributed by atoms with Gasteiger partial charge in [0.25, 0.3) is 0 Å². The van der Waals surface area contributed by atoms with Crippen molar-refractivity contribution in [3.8, 4) is 0 Å². The fraction of sp³-hybridized carbons (Fsp3) is 0.625. The van der Waals surface area contributed by atoms with Gasteiger partial charge in [-0.1, -0.05) is 23.1 Å². The Morgan fingerprint density at radius 1 is 1.60 bits per heavy atom. The van der Waals surface area contributed by atoms with E-state index in [1.807, 2.05) is 13.8 Å². The summed E-state index contributed by atoms with van der Waals surface area (Å²) in [6.45, 7) is 3.66. The Morgan fingerprint density at radius 3 is 2.73 bits per heavy atom. The molecule has 0 aliphatic carbocycles. The maximum atomic E-state index is 11.4. The molecular weight excluding hydrogens is 234 g/mol. The molecule has 2 N–H and O–H groups in total. The number of carbonyl (C=O) groups excluding carboxylic acids is 1. The highest BCUT2D eigenvalue weighted by Crippen LogP contribution is 2.30. The summed E-state index contributed by atoms with van der Waals surface area (Å²) in [7, 11) is 1.39. The summed E-state index contributed by atoms with van der Waals surface area (Å²) in [5, 5.41) is 7.99. The van der Waals surface area contributed by atoms with Gasteiger partial charge in [-0.25, -0.2) is 0 Å². The zero-order valence-corrected chi connectivity index (χ0v) is 10.4. The number of methoxy groups -OCH3 is 1. The Bertz CT molecular complexity index is 351. The molecule has 15 heavy (non-hydrogen) atoms. The molecule has 0 aromatic carbocycles. The minimum Gasteiger partial charge on any atom is -0.469 e. The average molecular weight is 247 g/mol. The third-order valence-corrected chi connectivity index (χ3v) is 4.06. The number of nitrogens with zero attached hydrogens (tertiary/aromatic N) is 2. The fourth-order valence-corrected chi connectivity index (χ4v) is 2.57. The highest BCUT2D eigenvalue weighted by atomic mass is 32.2. The largest absolute Gasteiger partial charge is 0.469 e. The van der Waals surface area contributed by atoms with Crippen molar-refractivity contribution >= 4 is 34.2 Å². The second-order valence-corrected chi connectivity index (χ2v) is 5.80. The highest BCUT2D eigenvalue weighted by molar-refractivity contribution is 8.01. The molecule has 0 bridgehead atoms. The molecule has 0 saturated carbocycles. The van der Waals surface area contributed by atoms with Crippen LogP contribution in [0.2, 0.25) is 0 Å². The summed E-state index contributed by atoms with van der Waals surface area (Å²) in [5.74, 6) is 0.362. The summed E-state index contributed by atoms with van der Waals surface area (Å²) in [6, 6.07) is 0. The molecule has 7 heteroatoms. The van der Waals surface area contributed by atoms with Gasteiger partial charge in [0.05, 0.1) is 12.5 Å². The topological polar surface area (TPSA) is 78.1 Å². The van der Waals surface area contributed by atoms with E-state index < -0.39 is 5.41 Å². The van der Waals surface area contributed by atoms with Gasteiger partial charge >= 0.3 is 5.97 Å².